The minimum absolute atomic E-state index is 0.231. The van der Waals surface area contributed by atoms with Crippen molar-refractivity contribution in [1.82, 2.24) is 10.0 Å². The van der Waals surface area contributed by atoms with E-state index < -0.39 is 10.0 Å². The lowest BCUT2D eigenvalue weighted by molar-refractivity contribution is 0.528. The van der Waals surface area contributed by atoms with Crippen molar-refractivity contribution in [2.45, 2.75) is 51.5 Å². The van der Waals surface area contributed by atoms with Gasteiger partial charge in [0.2, 0.25) is 10.0 Å². The molecule has 0 heterocycles. The molecule has 0 amide bonds. The number of benzene rings is 1. The largest absolute Gasteiger partial charge is 0.310 e. The molecular formula is C16H28N2O2S. The molecule has 0 radical (unpaired) electrons. The van der Waals surface area contributed by atoms with Gasteiger partial charge in [-0.1, -0.05) is 39.3 Å². The smallest absolute Gasteiger partial charge is 0.240 e. The highest BCUT2D eigenvalue weighted by Crippen LogP contribution is 2.16. The van der Waals surface area contributed by atoms with Gasteiger partial charge in [0.1, 0.15) is 0 Å². The maximum atomic E-state index is 12.2. The van der Waals surface area contributed by atoms with Crippen LogP contribution in [-0.2, 0) is 10.0 Å². The highest BCUT2D eigenvalue weighted by atomic mass is 32.2. The summed E-state index contributed by atoms with van der Waals surface area (Å²) in [7, 11) is -3.40. The zero-order valence-electron chi connectivity index (χ0n) is 13.5. The third-order valence-electron chi connectivity index (χ3n) is 3.71. The molecule has 0 fully saturated rings. The summed E-state index contributed by atoms with van der Waals surface area (Å²) < 4.78 is 27.0. The SMILES string of the molecule is CCCNC(C)c1ccc(S(=O)(=O)NCC(C)CC)cc1. The standard InChI is InChI=1S/C16H28N2O2S/c1-5-11-17-14(4)15-7-9-16(10-8-15)21(19,20)18-12-13(3)6-2/h7-10,13-14,17-18H,5-6,11-12H2,1-4H3. The van der Waals surface area contributed by atoms with Gasteiger partial charge in [-0.2, -0.15) is 0 Å². The summed E-state index contributed by atoms with van der Waals surface area (Å²) in [5.41, 5.74) is 1.10. The third-order valence-corrected chi connectivity index (χ3v) is 5.15. The Morgan fingerprint density at radius 3 is 2.24 bits per heavy atom. The van der Waals surface area contributed by atoms with Crippen LogP contribution in [0.1, 0.15) is 52.1 Å². The molecule has 0 spiro atoms. The molecule has 4 nitrogen and oxygen atoms in total. The number of nitrogens with one attached hydrogen (secondary N) is 2. The Morgan fingerprint density at radius 1 is 1.10 bits per heavy atom. The molecular weight excluding hydrogens is 284 g/mol. The van der Waals surface area contributed by atoms with E-state index in [0.717, 1.165) is 24.9 Å². The maximum Gasteiger partial charge on any atom is 0.240 e. The molecule has 2 N–H and O–H groups in total. The van der Waals surface area contributed by atoms with Crippen molar-refractivity contribution >= 4 is 10.0 Å². The Hall–Kier alpha value is -0.910. The van der Waals surface area contributed by atoms with Crippen molar-refractivity contribution in [2.75, 3.05) is 13.1 Å². The molecule has 1 rings (SSSR count). The minimum Gasteiger partial charge on any atom is -0.310 e. The van der Waals surface area contributed by atoms with Crippen LogP contribution >= 0.6 is 0 Å². The van der Waals surface area contributed by atoms with E-state index in [1.165, 1.54) is 0 Å². The van der Waals surface area contributed by atoms with Crippen molar-refractivity contribution in [2.24, 2.45) is 5.92 Å². The van der Waals surface area contributed by atoms with Crippen molar-refractivity contribution in [3.05, 3.63) is 29.8 Å². The quantitative estimate of drug-likeness (QED) is 0.737. The summed E-state index contributed by atoms with van der Waals surface area (Å²) in [4.78, 5) is 0.331. The average molecular weight is 312 g/mol. The van der Waals surface area contributed by atoms with Crippen LogP contribution in [0.3, 0.4) is 0 Å². The van der Waals surface area contributed by atoms with Gasteiger partial charge < -0.3 is 5.32 Å². The maximum absolute atomic E-state index is 12.2. The summed E-state index contributed by atoms with van der Waals surface area (Å²) in [5.74, 6) is 0.345. The molecule has 0 aliphatic carbocycles. The molecule has 120 valence electrons. The number of hydrogen-bond acceptors (Lipinski definition) is 3. The Bertz CT molecular complexity index is 512. The van der Waals surface area contributed by atoms with Crippen molar-refractivity contribution in [1.29, 1.82) is 0 Å². The predicted octanol–water partition coefficient (Wildman–Crippen LogP) is 3.07. The Morgan fingerprint density at radius 2 is 1.71 bits per heavy atom. The Kier molecular flexibility index (Phi) is 7.35. The van der Waals surface area contributed by atoms with Gasteiger partial charge in [-0.3, -0.25) is 0 Å². The molecule has 0 bridgehead atoms. The fraction of sp³-hybridized carbons (Fsp3) is 0.625. The lowest BCUT2D eigenvalue weighted by Crippen LogP contribution is -2.28. The summed E-state index contributed by atoms with van der Waals surface area (Å²) in [6, 6.07) is 7.35. The normalized spacial score (nSPS) is 14.9. The fourth-order valence-electron chi connectivity index (χ4n) is 1.89. The zero-order chi connectivity index (χ0) is 15.9. The first kappa shape index (κ1) is 18.1. The van der Waals surface area contributed by atoms with Crippen LogP contribution in [0, 0.1) is 5.92 Å². The van der Waals surface area contributed by atoms with E-state index >= 15 is 0 Å². The minimum atomic E-state index is -3.40. The first-order valence-corrected chi connectivity index (χ1v) is 9.22. The summed E-state index contributed by atoms with van der Waals surface area (Å²) in [6.07, 6.45) is 2.04. The number of sulfonamides is 1. The zero-order valence-corrected chi connectivity index (χ0v) is 14.3. The van der Waals surface area contributed by atoms with E-state index in [9.17, 15) is 8.42 Å². The molecule has 21 heavy (non-hydrogen) atoms. The highest BCUT2D eigenvalue weighted by Gasteiger charge is 2.15. The lowest BCUT2D eigenvalue weighted by atomic mass is 10.1. The molecule has 0 saturated heterocycles. The number of rotatable bonds is 9. The van der Waals surface area contributed by atoms with E-state index in [2.05, 4.69) is 30.8 Å². The topological polar surface area (TPSA) is 58.2 Å². The molecule has 1 aromatic carbocycles. The second-order valence-electron chi connectivity index (χ2n) is 5.61. The molecule has 2 atom stereocenters. The van der Waals surface area contributed by atoms with Crippen LogP contribution in [0.2, 0.25) is 0 Å². The van der Waals surface area contributed by atoms with Gasteiger partial charge in [0.15, 0.2) is 0 Å². The van der Waals surface area contributed by atoms with Crippen molar-refractivity contribution in [3.63, 3.8) is 0 Å². The third kappa shape index (κ3) is 5.77. The predicted molar refractivity (Wildman–Crippen MR) is 87.8 cm³/mol. The fourth-order valence-corrected chi connectivity index (χ4v) is 3.06. The molecule has 1 aromatic rings. The van der Waals surface area contributed by atoms with E-state index in [0.29, 0.717) is 17.4 Å². The second-order valence-corrected chi connectivity index (χ2v) is 7.38. The van der Waals surface area contributed by atoms with Gasteiger partial charge in [-0.15, -0.1) is 0 Å². The van der Waals surface area contributed by atoms with Gasteiger partial charge in [0, 0.05) is 12.6 Å². The van der Waals surface area contributed by atoms with Gasteiger partial charge in [-0.25, -0.2) is 13.1 Å². The van der Waals surface area contributed by atoms with Gasteiger partial charge in [-0.05, 0) is 43.5 Å². The van der Waals surface area contributed by atoms with E-state index in [-0.39, 0.29) is 6.04 Å². The van der Waals surface area contributed by atoms with Crippen LogP contribution in [0.5, 0.6) is 0 Å². The number of hydrogen-bond donors (Lipinski definition) is 2. The first-order chi connectivity index (χ1) is 9.90. The van der Waals surface area contributed by atoms with Crippen LogP contribution in [0.25, 0.3) is 0 Å². The summed E-state index contributed by atoms with van der Waals surface area (Å²) in [6.45, 7) is 9.73. The van der Waals surface area contributed by atoms with Crippen LogP contribution in [0.4, 0.5) is 0 Å². The first-order valence-electron chi connectivity index (χ1n) is 7.73. The Labute approximate surface area is 129 Å². The molecule has 0 aliphatic rings. The van der Waals surface area contributed by atoms with Crippen molar-refractivity contribution in [3.8, 4) is 0 Å². The van der Waals surface area contributed by atoms with E-state index in [1.807, 2.05) is 19.1 Å². The lowest BCUT2D eigenvalue weighted by Gasteiger charge is -2.15. The monoisotopic (exact) mass is 312 g/mol. The Balaban J connectivity index is 2.72. The highest BCUT2D eigenvalue weighted by molar-refractivity contribution is 7.89. The molecule has 5 heteroatoms. The summed E-state index contributed by atoms with van der Waals surface area (Å²) in [5, 5.41) is 3.39. The van der Waals surface area contributed by atoms with E-state index in [1.54, 1.807) is 12.1 Å². The van der Waals surface area contributed by atoms with Crippen LogP contribution in [-0.4, -0.2) is 21.5 Å². The summed E-state index contributed by atoms with van der Waals surface area (Å²) >= 11 is 0. The molecule has 0 saturated carbocycles. The van der Waals surface area contributed by atoms with Crippen LogP contribution < -0.4 is 10.0 Å². The molecule has 2 unspecified atom stereocenters. The second kappa shape index (κ2) is 8.51. The van der Waals surface area contributed by atoms with Gasteiger partial charge >= 0.3 is 0 Å². The molecule has 0 aromatic heterocycles. The van der Waals surface area contributed by atoms with Gasteiger partial charge in [0.25, 0.3) is 0 Å². The average Bonchev–Trinajstić information content (AvgIpc) is 2.50. The van der Waals surface area contributed by atoms with Gasteiger partial charge in [0.05, 0.1) is 4.90 Å². The van der Waals surface area contributed by atoms with Crippen molar-refractivity contribution < 1.29 is 8.42 Å². The van der Waals surface area contributed by atoms with Crippen LogP contribution in [0.15, 0.2) is 29.2 Å². The van der Waals surface area contributed by atoms with E-state index in [4.69, 9.17) is 0 Å². The molecule has 0 aliphatic heterocycles.